The number of carbonyl (C=O) groups is 1. The monoisotopic (exact) mass is 376 g/mol. The Hall–Kier alpha value is -2.62. The van der Waals surface area contributed by atoms with Crippen LogP contribution in [0.25, 0.3) is 11.0 Å². The number of fused-ring (bicyclic) bond motifs is 1. The van der Waals surface area contributed by atoms with Gasteiger partial charge < -0.3 is 9.67 Å². The number of aliphatic carboxylic acids is 1. The van der Waals surface area contributed by atoms with Crippen molar-refractivity contribution in [3.63, 3.8) is 0 Å². The molecule has 0 spiro atoms. The van der Waals surface area contributed by atoms with Gasteiger partial charge in [-0.3, -0.25) is 4.79 Å². The number of imidazole rings is 1. The second-order valence-corrected chi connectivity index (χ2v) is 8.28. The van der Waals surface area contributed by atoms with Crippen molar-refractivity contribution >= 4 is 17.0 Å². The average Bonchev–Trinajstić information content (AvgIpc) is 3.07. The number of aromatic nitrogens is 2. The molecule has 1 saturated carbocycles. The van der Waals surface area contributed by atoms with E-state index in [-0.39, 0.29) is 11.8 Å². The maximum absolute atomic E-state index is 11.6. The number of hydrogen-bond donors (Lipinski definition) is 1. The minimum Gasteiger partial charge on any atom is -0.481 e. The minimum absolute atomic E-state index is 0.139. The smallest absolute Gasteiger partial charge is 0.307 e. The maximum atomic E-state index is 11.6. The molecule has 1 fully saturated rings. The molecule has 4 rings (SSSR count). The molecule has 1 aromatic heterocycles. The summed E-state index contributed by atoms with van der Waals surface area (Å²) in [5.74, 6) is 0.694. The molecule has 0 aliphatic heterocycles. The second-order valence-electron chi connectivity index (χ2n) is 8.28. The molecular formula is C24H28N2O2. The van der Waals surface area contributed by atoms with Gasteiger partial charge in [0.15, 0.2) is 0 Å². The van der Waals surface area contributed by atoms with Gasteiger partial charge in [-0.25, -0.2) is 4.98 Å². The number of nitrogens with zero attached hydrogens (tertiary/aromatic N) is 2. The van der Waals surface area contributed by atoms with Crippen molar-refractivity contribution in [3.05, 3.63) is 65.5 Å². The van der Waals surface area contributed by atoms with E-state index in [0.29, 0.717) is 5.92 Å². The standard InChI is InChI=1S/C24H28N2O2/c1-16(2)23-25-21-9-5-6-10-22(21)26(23)15-17-11-13-18(14-12-17)19-7-3-4-8-20(19)24(27)28/h5-6,9-14,16,19-20H,3-4,7-8,15H2,1-2H3,(H,27,28). The SMILES string of the molecule is CC(C)c1nc2ccccc2n1Cc1ccc(C2CCCCC2C(=O)O)cc1. The normalized spacial score (nSPS) is 20.0. The van der Waals surface area contributed by atoms with Gasteiger partial charge in [0.1, 0.15) is 5.82 Å². The van der Waals surface area contributed by atoms with Gasteiger partial charge in [0.2, 0.25) is 0 Å². The van der Waals surface area contributed by atoms with Crippen LogP contribution < -0.4 is 0 Å². The van der Waals surface area contributed by atoms with Gasteiger partial charge in [0.05, 0.1) is 17.0 Å². The van der Waals surface area contributed by atoms with Gasteiger partial charge in [0, 0.05) is 12.5 Å². The number of rotatable bonds is 5. The van der Waals surface area contributed by atoms with Gasteiger partial charge in [-0.2, -0.15) is 0 Å². The largest absolute Gasteiger partial charge is 0.481 e. The predicted octanol–water partition coefficient (Wildman–Crippen LogP) is 5.57. The highest BCUT2D eigenvalue weighted by Crippen LogP contribution is 2.38. The zero-order valence-corrected chi connectivity index (χ0v) is 16.6. The Morgan fingerprint density at radius 2 is 1.82 bits per heavy atom. The molecule has 0 radical (unpaired) electrons. The molecule has 0 saturated heterocycles. The second kappa shape index (κ2) is 7.78. The molecule has 2 unspecified atom stereocenters. The Bertz CT molecular complexity index is 972. The summed E-state index contributed by atoms with van der Waals surface area (Å²) in [4.78, 5) is 16.5. The van der Waals surface area contributed by atoms with Gasteiger partial charge in [-0.1, -0.05) is 63.1 Å². The van der Waals surface area contributed by atoms with Crippen molar-refractivity contribution in [1.29, 1.82) is 0 Å². The molecule has 28 heavy (non-hydrogen) atoms. The van der Waals surface area contributed by atoms with E-state index in [1.54, 1.807) is 0 Å². The van der Waals surface area contributed by atoms with Crippen molar-refractivity contribution in [2.24, 2.45) is 5.92 Å². The van der Waals surface area contributed by atoms with Crippen LogP contribution in [0.4, 0.5) is 0 Å². The van der Waals surface area contributed by atoms with Crippen molar-refractivity contribution in [2.75, 3.05) is 0 Å². The Morgan fingerprint density at radius 1 is 1.11 bits per heavy atom. The summed E-state index contributed by atoms with van der Waals surface area (Å²) < 4.78 is 2.30. The van der Waals surface area contributed by atoms with Crippen LogP contribution in [0.2, 0.25) is 0 Å². The van der Waals surface area contributed by atoms with Gasteiger partial charge >= 0.3 is 5.97 Å². The Kier molecular flexibility index (Phi) is 5.21. The third-order valence-electron chi connectivity index (χ3n) is 6.03. The first-order valence-corrected chi connectivity index (χ1v) is 10.3. The van der Waals surface area contributed by atoms with Crippen molar-refractivity contribution in [1.82, 2.24) is 9.55 Å². The van der Waals surface area contributed by atoms with Crippen molar-refractivity contribution < 1.29 is 9.90 Å². The lowest BCUT2D eigenvalue weighted by Crippen LogP contribution is -2.25. The number of hydrogen-bond acceptors (Lipinski definition) is 2. The van der Waals surface area contributed by atoms with Crippen LogP contribution in [0.1, 0.15) is 68.3 Å². The molecule has 1 aliphatic carbocycles. The number of benzene rings is 2. The Labute approximate surface area is 166 Å². The van der Waals surface area contributed by atoms with Gasteiger partial charge in [0.25, 0.3) is 0 Å². The van der Waals surface area contributed by atoms with E-state index < -0.39 is 5.97 Å². The Balaban J connectivity index is 1.61. The predicted molar refractivity (Wildman–Crippen MR) is 112 cm³/mol. The number of para-hydroxylation sites is 2. The van der Waals surface area contributed by atoms with E-state index in [0.717, 1.165) is 54.6 Å². The summed E-state index contributed by atoms with van der Waals surface area (Å²) in [5, 5.41) is 9.57. The molecule has 3 aromatic rings. The first-order valence-electron chi connectivity index (χ1n) is 10.3. The molecule has 1 aliphatic rings. The fraction of sp³-hybridized carbons (Fsp3) is 0.417. The summed E-state index contributed by atoms with van der Waals surface area (Å²) in [6.45, 7) is 5.13. The van der Waals surface area contributed by atoms with Crippen LogP contribution in [-0.2, 0) is 11.3 Å². The van der Waals surface area contributed by atoms with E-state index >= 15 is 0 Å². The third-order valence-corrected chi connectivity index (χ3v) is 6.03. The highest BCUT2D eigenvalue weighted by Gasteiger charge is 2.31. The minimum atomic E-state index is -0.653. The van der Waals surface area contributed by atoms with E-state index in [2.05, 4.69) is 60.9 Å². The highest BCUT2D eigenvalue weighted by atomic mass is 16.4. The first-order chi connectivity index (χ1) is 13.5. The van der Waals surface area contributed by atoms with Crippen molar-refractivity contribution in [2.45, 2.75) is 57.9 Å². The zero-order chi connectivity index (χ0) is 19.7. The third kappa shape index (κ3) is 3.56. The molecule has 1 N–H and O–H groups in total. The molecule has 146 valence electrons. The van der Waals surface area contributed by atoms with Crippen LogP contribution in [0.5, 0.6) is 0 Å². The molecular weight excluding hydrogens is 348 g/mol. The summed E-state index contributed by atoms with van der Waals surface area (Å²) in [6.07, 6.45) is 3.91. The molecule has 4 heteroatoms. The van der Waals surface area contributed by atoms with Crippen LogP contribution >= 0.6 is 0 Å². The fourth-order valence-electron chi connectivity index (χ4n) is 4.58. The molecule has 2 atom stereocenters. The maximum Gasteiger partial charge on any atom is 0.307 e. The topological polar surface area (TPSA) is 55.1 Å². The zero-order valence-electron chi connectivity index (χ0n) is 16.6. The molecule has 0 bridgehead atoms. The van der Waals surface area contributed by atoms with Crippen molar-refractivity contribution in [3.8, 4) is 0 Å². The lowest BCUT2D eigenvalue weighted by Gasteiger charge is -2.29. The van der Waals surface area contributed by atoms with E-state index in [1.165, 1.54) is 5.56 Å². The summed E-state index contributed by atoms with van der Waals surface area (Å²) in [6, 6.07) is 16.9. The molecule has 4 nitrogen and oxygen atoms in total. The van der Waals surface area contributed by atoms with Crippen LogP contribution in [0.15, 0.2) is 48.5 Å². The lowest BCUT2D eigenvalue weighted by molar-refractivity contribution is -0.143. The van der Waals surface area contributed by atoms with Gasteiger partial charge in [-0.15, -0.1) is 0 Å². The first kappa shape index (κ1) is 18.7. The summed E-state index contributed by atoms with van der Waals surface area (Å²) in [5.41, 5.74) is 4.58. The number of carboxylic acids is 1. The van der Waals surface area contributed by atoms with E-state index in [1.807, 2.05) is 6.07 Å². The van der Waals surface area contributed by atoms with E-state index in [4.69, 9.17) is 4.98 Å². The fourth-order valence-corrected chi connectivity index (χ4v) is 4.58. The molecule has 2 aromatic carbocycles. The summed E-state index contributed by atoms with van der Waals surface area (Å²) >= 11 is 0. The van der Waals surface area contributed by atoms with E-state index in [9.17, 15) is 9.90 Å². The van der Waals surface area contributed by atoms with Crippen LogP contribution in [0.3, 0.4) is 0 Å². The molecule has 0 amide bonds. The summed E-state index contributed by atoms with van der Waals surface area (Å²) in [7, 11) is 0. The van der Waals surface area contributed by atoms with Crippen LogP contribution in [0, 0.1) is 5.92 Å². The van der Waals surface area contributed by atoms with Crippen LogP contribution in [-0.4, -0.2) is 20.6 Å². The highest BCUT2D eigenvalue weighted by molar-refractivity contribution is 5.76. The number of carboxylic acid groups (broad SMARTS) is 1. The van der Waals surface area contributed by atoms with Gasteiger partial charge in [-0.05, 0) is 42.0 Å². The molecule has 1 heterocycles. The Morgan fingerprint density at radius 3 is 2.54 bits per heavy atom. The quantitative estimate of drug-likeness (QED) is 0.634. The average molecular weight is 377 g/mol. The lowest BCUT2D eigenvalue weighted by atomic mass is 9.75.